The van der Waals surface area contributed by atoms with E-state index in [4.69, 9.17) is 9.84 Å². The lowest BCUT2D eigenvalue weighted by Crippen LogP contribution is -2.21. The van der Waals surface area contributed by atoms with Crippen LogP contribution in [0, 0.1) is 17.8 Å². The molecular formula is C13H20O4. The summed E-state index contributed by atoms with van der Waals surface area (Å²) < 4.78 is 4.94. The fourth-order valence-electron chi connectivity index (χ4n) is 3.24. The van der Waals surface area contributed by atoms with Gasteiger partial charge in [-0.1, -0.05) is 25.7 Å². The summed E-state index contributed by atoms with van der Waals surface area (Å²) >= 11 is 0. The Morgan fingerprint density at radius 1 is 1.12 bits per heavy atom. The van der Waals surface area contributed by atoms with Gasteiger partial charge in [0.25, 0.3) is 0 Å². The van der Waals surface area contributed by atoms with Crippen molar-refractivity contribution in [1.29, 1.82) is 0 Å². The lowest BCUT2D eigenvalue weighted by molar-refractivity contribution is -0.152. The van der Waals surface area contributed by atoms with E-state index in [2.05, 4.69) is 0 Å². The second-order valence-corrected chi connectivity index (χ2v) is 5.28. The summed E-state index contributed by atoms with van der Waals surface area (Å²) in [5, 5.41) is 8.54. The van der Waals surface area contributed by atoms with E-state index in [0.717, 1.165) is 12.8 Å². The Hall–Kier alpha value is -0.900. The summed E-state index contributed by atoms with van der Waals surface area (Å²) in [4.78, 5) is 22.6. The zero-order valence-electron chi connectivity index (χ0n) is 10.1. The van der Waals surface area contributed by atoms with Crippen LogP contribution >= 0.6 is 0 Å². The molecule has 2 aliphatic rings. The van der Waals surface area contributed by atoms with Crippen LogP contribution in [0.3, 0.4) is 0 Å². The Balaban J connectivity index is 1.79. The van der Waals surface area contributed by atoms with Gasteiger partial charge in [-0.15, -0.1) is 0 Å². The largest absolute Gasteiger partial charge is 0.457 e. The summed E-state index contributed by atoms with van der Waals surface area (Å²) in [6.45, 7) is -0.829. The third-order valence-electron chi connectivity index (χ3n) is 4.13. The van der Waals surface area contributed by atoms with Crippen LogP contribution in [0.4, 0.5) is 0 Å². The molecule has 4 heteroatoms. The number of ketones is 1. The predicted molar refractivity (Wildman–Crippen MR) is 61.2 cm³/mol. The van der Waals surface area contributed by atoms with E-state index < -0.39 is 12.4 Å². The van der Waals surface area contributed by atoms with Crippen molar-refractivity contribution >= 4 is 11.8 Å². The van der Waals surface area contributed by atoms with Gasteiger partial charge in [-0.25, -0.2) is 0 Å². The van der Waals surface area contributed by atoms with Gasteiger partial charge in [0.05, 0.1) is 5.92 Å². The lowest BCUT2D eigenvalue weighted by Gasteiger charge is -2.24. The standard InChI is InChI=1S/C13H20O4/c14-7-12(15)8-17-13(16)11-5-9-3-1-2-4-10(9)6-11/h9-11,14H,1-8H2. The molecule has 0 spiro atoms. The molecule has 2 unspecified atom stereocenters. The molecule has 0 saturated heterocycles. The maximum Gasteiger partial charge on any atom is 0.309 e. The molecule has 2 aliphatic carbocycles. The molecule has 0 aliphatic heterocycles. The first-order valence-electron chi connectivity index (χ1n) is 6.50. The van der Waals surface area contributed by atoms with E-state index in [1.807, 2.05) is 0 Å². The summed E-state index contributed by atoms with van der Waals surface area (Å²) in [5.41, 5.74) is 0. The fraction of sp³-hybridized carbons (Fsp3) is 0.846. The van der Waals surface area contributed by atoms with Crippen molar-refractivity contribution in [1.82, 2.24) is 0 Å². The minimum atomic E-state index is -0.552. The molecule has 0 aromatic heterocycles. The lowest BCUT2D eigenvalue weighted by atomic mass is 9.82. The van der Waals surface area contributed by atoms with Gasteiger partial charge in [0.15, 0.2) is 12.4 Å². The summed E-state index contributed by atoms with van der Waals surface area (Å²) in [6, 6.07) is 0. The average molecular weight is 240 g/mol. The van der Waals surface area contributed by atoms with E-state index in [9.17, 15) is 9.59 Å². The van der Waals surface area contributed by atoms with E-state index >= 15 is 0 Å². The fourth-order valence-corrected chi connectivity index (χ4v) is 3.24. The average Bonchev–Trinajstić information content (AvgIpc) is 2.79. The van der Waals surface area contributed by atoms with E-state index in [1.165, 1.54) is 25.7 Å². The molecule has 2 rings (SSSR count). The van der Waals surface area contributed by atoms with Crippen molar-refractivity contribution in [3.8, 4) is 0 Å². The molecular weight excluding hydrogens is 220 g/mol. The summed E-state index contributed by atoms with van der Waals surface area (Å²) in [5.74, 6) is 0.675. The van der Waals surface area contributed by atoms with Crippen LogP contribution in [0.5, 0.6) is 0 Å². The molecule has 2 fully saturated rings. The topological polar surface area (TPSA) is 63.6 Å². The number of rotatable bonds is 4. The van der Waals surface area contributed by atoms with Gasteiger partial charge in [0, 0.05) is 0 Å². The highest BCUT2D eigenvalue weighted by atomic mass is 16.5. The maximum absolute atomic E-state index is 11.8. The number of carbonyl (C=O) groups excluding carboxylic acids is 2. The van der Waals surface area contributed by atoms with Gasteiger partial charge in [0.2, 0.25) is 0 Å². The molecule has 17 heavy (non-hydrogen) atoms. The first kappa shape index (κ1) is 12.6. The van der Waals surface area contributed by atoms with Crippen LogP contribution in [0.2, 0.25) is 0 Å². The Morgan fingerprint density at radius 2 is 1.71 bits per heavy atom. The number of aliphatic hydroxyl groups is 1. The maximum atomic E-state index is 11.8. The third kappa shape index (κ3) is 3.06. The second kappa shape index (κ2) is 5.63. The van der Waals surface area contributed by atoms with Crippen molar-refractivity contribution in [2.75, 3.05) is 13.2 Å². The Kier molecular flexibility index (Phi) is 4.15. The molecule has 0 aromatic carbocycles. The predicted octanol–water partition coefficient (Wildman–Crippen LogP) is 1.31. The normalized spacial score (nSPS) is 31.9. The van der Waals surface area contributed by atoms with Crippen molar-refractivity contribution in [2.24, 2.45) is 17.8 Å². The zero-order valence-corrected chi connectivity index (χ0v) is 10.1. The second-order valence-electron chi connectivity index (χ2n) is 5.28. The van der Waals surface area contributed by atoms with Crippen LogP contribution in [-0.4, -0.2) is 30.1 Å². The highest BCUT2D eigenvalue weighted by Gasteiger charge is 2.39. The SMILES string of the molecule is O=C(CO)COC(=O)C1CC2CCCCC2C1. The third-order valence-corrected chi connectivity index (χ3v) is 4.13. The Morgan fingerprint density at radius 3 is 2.24 bits per heavy atom. The van der Waals surface area contributed by atoms with Crippen LogP contribution in [-0.2, 0) is 14.3 Å². The zero-order chi connectivity index (χ0) is 12.3. The van der Waals surface area contributed by atoms with Crippen molar-refractivity contribution in [2.45, 2.75) is 38.5 Å². The number of Topliss-reactive ketones (excluding diaryl/α,β-unsaturated/α-hetero) is 1. The number of ether oxygens (including phenoxy) is 1. The number of hydrogen-bond acceptors (Lipinski definition) is 4. The van der Waals surface area contributed by atoms with Crippen molar-refractivity contribution in [3.05, 3.63) is 0 Å². The molecule has 96 valence electrons. The van der Waals surface area contributed by atoms with Crippen molar-refractivity contribution < 1.29 is 19.4 Å². The summed E-state index contributed by atoms with van der Waals surface area (Å²) in [7, 11) is 0. The van der Waals surface area contributed by atoms with E-state index in [0.29, 0.717) is 11.8 Å². The quantitative estimate of drug-likeness (QED) is 0.752. The number of carbonyl (C=O) groups is 2. The van der Waals surface area contributed by atoms with E-state index in [-0.39, 0.29) is 18.5 Å². The van der Waals surface area contributed by atoms with Crippen LogP contribution in [0.25, 0.3) is 0 Å². The molecule has 0 heterocycles. The molecule has 0 radical (unpaired) electrons. The number of fused-ring (bicyclic) bond motifs is 1. The van der Waals surface area contributed by atoms with Crippen LogP contribution in [0.15, 0.2) is 0 Å². The van der Waals surface area contributed by atoms with Gasteiger partial charge in [-0.2, -0.15) is 0 Å². The van der Waals surface area contributed by atoms with Crippen molar-refractivity contribution in [3.63, 3.8) is 0 Å². The minimum absolute atomic E-state index is 0.0189. The monoisotopic (exact) mass is 240 g/mol. The molecule has 0 bridgehead atoms. The first-order valence-corrected chi connectivity index (χ1v) is 6.50. The van der Waals surface area contributed by atoms with Gasteiger partial charge >= 0.3 is 5.97 Å². The Bertz CT molecular complexity index is 286. The minimum Gasteiger partial charge on any atom is -0.457 e. The highest BCUT2D eigenvalue weighted by Crippen LogP contribution is 2.45. The van der Waals surface area contributed by atoms with Crippen LogP contribution < -0.4 is 0 Å². The molecule has 0 aromatic rings. The smallest absolute Gasteiger partial charge is 0.309 e. The van der Waals surface area contributed by atoms with Gasteiger partial charge in [-0.3, -0.25) is 9.59 Å². The van der Waals surface area contributed by atoms with Crippen LogP contribution in [0.1, 0.15) is 38.5 Å². The molecule has 0 amide bonds. The molecule has 2 saturated carbocycles. The number of aliphatic hydroxyl groups excluding tert-OH is 1. The van der Waals surface area contributed by atoms with Gasteiger partial charge < -0.3 is 9.84 Å². The van der Waals surface area contributed by atoms with E-state index in [1.54, 1.807) is 0 Å². The summed E-state index contributed by atoms with van der Waals surface area (Å²) in [6.07, 6.45) is 6.90. The van der Waals surface area contributed by atoms with Gasteiger partial charge in [0.1, 0.15) is 6.61 Å². The molecule has 1 N–H and O–H groups in total. The molecule has 2 atom stereocenters. The number of esters is 1. The van der Waals surface area contributed by atoms with Gasteiger partial charge in [-0.05, 0) is 24.7 Å². The first-order chi connectivity index (χ1) is 8.20. The highest BCUT2D eigenvalue weighted by molar-refractivity contribution is 5.83. The molecule has 4 nitrogen and oxygen atoms in total. The number of hydrogen-bond donors (Lipinski definition) is 1. The Labute approximate surface area is 101 Å².